The van der Waals surface area contributed by atoms with Gasteiger partial charge in [-0.2, -0.15) is 5.26 Å². The van der Waals surface area contributed by atoms with Crippen molar-refractivity contribution in [2.45, 2.75) is 30.2 Å². The van der Waals surface area contributed by atoms with E-state index in [1.54, 1.807) is 0 Å². The first-order valence-electron chi connectivity index (χ1n) is 22.9. The van der Waals surface area contributed by atoms with Gasteiger partial charge in [0.1, 0.15) is 0 Å². The molecule has 1 aromatic heterocycles. The summed E-state index contributed by atoms with van der Waals surface area (Å²) in [7, 11) is 0. The molecule has 0 fully saturated rings. The van der Waals surface area contributed by atoms with Gasteiger partial charge in [0.05, 0.1) is 34.1 Å². The summed E-state index contributed by atoms with van der Waals surface area (Å²) in [6.07, 6.45) is 16.3. The molecule has 5 aliphatic rings. The molecule has 0 radical (unpaired) electrons. The van der Waals surface area contributed by atoms with Gasteiger partial charge in [-0.3, -0.25) is 0 Å². The van der Waals surface area contributed by atoms with Crippen molar-refractivity contribution < 1.29 is 0 Å². The van der Waals surface area contributed by atoms with Crippen molar-refractivity contribution >= 4 is 33.1 Å². The van der Waals surface area contributed by atoms with Crippen molar-refractivity contribution in [3.8, 4) is 45.1 Å². The zero-order valence-corrected chi connectivity index (χ0v) is 35.6. The molecule has 9 aromatic rings. The number of rotatable bonds is 4. The number of allylic oxidation sites excluding steroid dienone is 6. The third-order valence-corrected chi connectivity index (χ3v) is 15.0. The molecule has 0 bridgehead atoms. The minimum atomic E-state index is -0.537. The van der Waals surface area contributed by atoms with Crippen molar-refractivity contribution in [1.29, 1.82) is 5.26 Å². The molecule has 3 heteroatoms. The average molecular weight is 828 g/mol. The topological polar surface area (TPSA) is 32.0 Å². The molecule has 3 nitrogen and oxygen atoms in total. The smallest absolute Gasteiger partial charge is 0.0991 e. The molecule has 1 aliphatic heterocycles. The number of aromatic nitrogens is 1. The molecule has 4 aliphatic carbocycles. The fourth-order valence-corrected chi connectivity index (χ4v) is 12.5. The average Bonchev–Trinajstić information content (AvgIpc) is 4.08. The van der Waals surface area contributed by atoms with Crippen LogP contribution in [0.3, 0.4) is 0 Å². The number of nitriles is 1. The molecule has 2 atom stereocenters. The van der Waals surface area contributed by atoms with E-state index >= 15 is 0 Å². The molecule has 0 amide bonds. The fraction of sp³-hybridized carbons (Fsp3) is 0.0806. The third-order valence-electron chi connectivity index (χ3n) is 15.0. The lowest BCUT2D eigenvalue weighted by Gasteiger charge is -2.33. The van der Waals surface area contributed by atoms with Gasteiger partial charge in [-0.1, -0.05) is 158 Å². The van der Waals surface area contributed by atoms with Crippen LogP contribution in [0.2, 0.25) is 0 Å². The number of hydrogen-bond donors (Lipinski definition) is 0. The van der Waals surface area contributed by atoms with Gasteiger partial charge >= 0.3 is 0 Å². The maximum absolute atomic E-state index is 10.2. The third kappa shape index (κ3) is 4.89. The van der Waals surface area contributed by atoms with E-state index in [0.29, 0.717) is 5.56 Å². The second-order valence-electron chi connectivity index (χ2n) is 18.1. The van der Waals surface area contributed by atoms with Crippen LogP contribution >= 0.6 is 0 Å². The van der Waals surface area contributed by atoms with Crippen LogP contribution in [0, 0.1) is 11.3 Å². The van der Waals surface area contributed by atoms with Gasteiger partial charge < -0.3 is 9.47 Å². The molecule has 0 saturated heterocycles. The highest BCUT2D eigenvalue weighted by molar-refractivity contribution is 6.16. The maximum Gasteiger partial charge on any atom is 0.0991 e. The molecule has 2 heterocycles. The van der Waals surface area contributed by atoms with Crippen molar-refractivity contribution in [3.63, 3.8) is 0 Å². The summed E-state index contributed by atoms with van der Waals surface area (Å²) < 4.78 is 2.42. The first-order valence-corrected chi connectivity index (χ1v) is 22.9. The summed E-state index contributed by atoms with van der Waals surface area (Å²) >= 11 is 0. The predicted molar refractivity (Wildman–Crippen MR) is 266 cm³/mol. The van der Waals surface area contributed by atoms with Crippen molar-refractivity contribution in [3.05, 3.63) is 257 Å². The van der Waals surface area contributed by atoms with Crippen LogP contribution in [0.4, 0.5) is 5.69 Å². The standard InChI is InChI=1S/C62H41N3/c63-38-39-29-32-46-47-33-30-41(37-55(47)62(54(46)35-39)52-24-10-7-19-44(52)45-20-8-11-25-53(45)62)40-31-34-57-51(36-40)61-49(23-14-28-59(61)65(57)43-17-5-2-6-18-43)48-22-13-27-58-60(48)50-21-9-12-26-56(50)64(58)42-15-3-1-4-16-42/h1-5,7-17,19-37,51,57H,6,18H2. The summed E-state index contributed by atoms with van der Waals surface area (Å²) in [6, 6.07) is 67.4. The Kier molecular flexibility index (Phi) is 7.63. The van der Waals surface area contributed by atoms with Gasteiger partial charge in [0.2, 0.25) is 0 Å². The van der Waals surface area contributed by atoms with Crippen LogP contribution in [0.5, 0.6) is 0 Å². The lowest BCUT2D eigenvalue weighted by molar-refractivity contribution is 0.703. The first-order chi connectivity index (χ1) is 32.2. The monoisotopic (exact) mass is 827 g/mol. The summed E-state index contributed by atoms with van der Waals surface area (Å²) in [5.41, 5.74) is 22.8. The van der Waals surface area contributed by atoms with E-state index in [2.05, 4.69) is 222 Å². The van der Waals surface area contributed by atoms with E-state index in [-0.39, 0.29) is 12.0 Å². The Morgan fingerprint density at radius 1 is 0.585 bits per heavy atom. The van der Waals surface area contributed by atoms with Gasteiger partial charge in [-0.05, 0) is 140 Å². The minimum absolute atomic E-state index is 0.108. The highest BCUT2D eigenvalue weighted by Gasteiger charge is 2.52. The van der Waals surface area contributed by atoms with E-state index < -0.39 is 5.41 Å². The molecule has 8 aromatic carbocycles. The van der Waals surface area contributed by atoms with E-state index in [4.69, 9.17) is 0 Å². The maximum atomic E-state index is 10.2. The van der Waals surface area contributed by atoms with Gasteiger partial charge in [0.15, 0.2) is 0 Å². The van der Waals surface area contributed by atoms with Crippen LogP contribution in [0.15, 0.2) is 218 Å². The van der Waals surface area contributed by atoms with Crippen LogP contribution in [0.25, 0.3) is 66.4 Å². The highest BCUT2D eigenvalue weighted by atomic mass is 15.2. The number of anilines is 1. The lowest BCUT2D eigenvalue weighted by atomic mass is 9.70. The second kappa shape index (κ2) is 13.7. The second-order valence-corrected chi connectivity index (χ2v) is 18.1. The van der Waals surface area contributed by atoms with Crippen LogP contribution in [-0.2, 0) is 5.41 Å². The van der Waals surface area contributed by atoms with Crippen LogP contribution in [0.1, 0.15) is 57.7 Å². The Hall–Kier alpha value is -8.19. The zero-order valence-electron chi connectivity index (χ0n) is 35.6. The van der Waals surface area contributed by atoms with Crippen molar-refractivity contribution in [2.24, 2.45) is 0 Å². The Balaban J connectivity index is 0.981. The summed E-state index contributed by atoms with van der Waals surface area (Å²) in [5, 5.41) is 12.8. The number of nitrogens with zero attached hydrogens (tertiary/aromatic N) is 3. The molecule has 14 rings (SSSR count). The number of hydrogen-bond acceptors (Lipinski definition) is 2. The number of para-hydroxylation sites is 2. The summed E-state index contributed by atoms with van der Waals surface area (Å²) in [4.78, 5) is 2.64. The Morgan fingerprint density at radius 3 is 2.06 bits per heavy atom. The predicted octanol–water partition coefficient (Wildman–Crippen LogP) is 14.8. The molecule has 65 heavy (non-hydrogen) atoms. The van der Waals surface area contributed by atoms with Gasteiger partial charge in [-0.15, -0.1) is 0 Å². The van der Waals surface area contributed by atoms with E-state index in [9.17, 15) is 5.26 Å². The Labute approximate surface area is 378 Å². The molecule has 0 saturated carbocycles. The molecule has 304 valence electrons. The van der Waals surface area contributed by atoms with E-state index in [1.165, 1.54) is 106 Å². The lowest BCUT2D eigenvalue weighted by Crippen LogP contribution is -2.32. The normalized spacial score (nSPS) is 17.9. The molecular weight excluding hydrogens is 787 g/mol. The van der Waals surface area contributed by atoms with E-state index in [1.807, 2.05) is 6.07 Å². The van der Waals surface area contributed by atoms with E-state index in [0.717, 1.165) is 18.5 Å². The summed E-state index contributed by atoms with van der Waals surface area (Å²) in [5.74, 6) is 0.108. The van der Waals surface area contributed by atoms with Gasteiger partial charge in [0, 0.05) is 33.8 Å². The first kappa shape index (κ1) is 36.3. The SMILES string of the molecule is N#Cc1ccc2c(c1)C1(c3ccccc3-c3ccccc31)c1cc(C3=CC4c5c(-c6cccc7c6c6ccccc6n7-c6ccccc6)cccc5N(C5=CC=CCC5)C4C=C3)ccc1-2. The molecule has 0 N–H and O–H groups in total. The van der Waals surface area contributed by atoms with Gasteiger partial charge in [-0.25, -0.2) is 0 Å². The number of fused-ring (bicyclic) bond motifs is 16. The molecule has 1 spiro atoms. The number of benzene rings is 8. The zero-order chi connectivity index (χ0) is 42.8. The van der Waals surface area contributed by atoms with Crippen LogP contribution < -0.4 is 4.90 Å². The largest absolute Gasteiger partial charge is 0.337 e. The highest BCUT2D eigenvalue weighted by Crippen LogP contribution is 2.63. The quantitative estimate of drug-likeness (QED) is 0.177. The Bertz CT molecular complexity index is 3650. The summed E-state index contributed by atoms with van der Waals surface area (Å²) in [6.45, 7) is 0. The van der Waals surface area contributed by atoms with Crippen molar-refractivity contribution in [2.75, 3.05) is 4.90 Å². The van der Waals surface area contributed by atoms with Gasteiger partial charge in [0.25, 0.3) is 0 Å². The Morgan fingerprint density at radius 2 is 1.26 bits per heavy atom. The fourth-order valence-electron chi connectivity index (χ4n) is 12.5. The molecular formula is C62H41N3. The minimum Gasteiger partial charge on any atom is -0.337 e. The molecule has 2 unspecified atom stereocenters. The van der Waals surface area contributed by atoms with Crippen molar-refractivity contribution in [1.82, 2.24) is 4.57 Å². The van der Waals surface area contributed by atoms with Crippen LogP contribution in [-0.4, -0.2) is 10.6 Å².